The largest absolute Gasteiger partial charge is 0.355 e. The molecule has 0 spiro atoms. The smallest absolute Gasteiger partial charge is 0.233 e. The first-order valence-corrected chi connectivity index (χ1v) is 7.57. The molecular formula is C14H16N4OS. The van der Waals surface area contributed by atoms with E-state index in [0.717, 1.165) is 25.1 Å². The number of H-pyrrole nitrogens is 1. The summed E-state index contributed by atoms with van der Waals surface area (Å²) in [6.45, 7) is 0.674. The maximum Gasteiger partial charge on any atom is 0.233 e. The number of carbonyl (C=O) groups is 1. The first kappa shape index (κ1) is 13.2. The van der Waals surface area contributed by atoms with Crippen molar-refractivity contribution in [3.8, 4) is 0 Å². The van der Waals surface area contributed by atoms with Gasteiger partial charge in [0.1, 0.15) is 12.2 Å². The highest BCUT2D eigenvalue weighted by molar-refractivity contribution is 8.01. The summed E-state index contributed by atoms with van der Waals surface area (Å²) in [7, 11) is 0. The molecule has 1 aliphatic rings. The normalized spacial score (nSPS) is 16.9. The Morgan fingerprint density at radius 2 is 2.35 bits per heavy atom. The number of benzene rings is 1. The summed E-state index contributed by atoms with van der Waals surface area (Å²) in [5.74, 6) is 0.991. The molecule has 104 valence electrons. The Balaban J connectivity index is 1.42. The second-order valence-corrected chi connectivity index (χ2v) is 5.99. The quantitative estimate of drug-likeness (QED) is 0.819. The molecule has 0 saturated heterocycles. The van der Waals surface area contributed by atoms with Crippen LogP contribution in [0.25, 0.3) is 0 Å². The van der Waals surface area contributed by atoms with Gasteiger partial charge in [-0.15, -0.1) is 11.8 Å². The summed E-state index contributed by atoms with van der Waals surface area (Å²) >= 11 is 1.66. The van der Waals surface area contributed by atoms with Gasteiger partial charge in [-0.2, -0.15) is 5.10 Å². The van der Waals surface area contributed by atoms with Gasteiger partial charge in [-0.3, -0.25) is 9.89 Å². The van der Waals surface area contributed by atoms with Crippen LogP contribution in [0.2, 0.25) is 0 Å². The molecule has 0 fully saturated rings. The zero-order valence-electron chi connectivity index (χ0n) is 11.0. The molecule has 0 saturated carbocycles. The molecular weight excluding hydrogens is 272 g/mol. The van der Waals surface area contributed by atoms with Crippen LogP contribution in [0.5, 0.6) is 0 Å². The molecule has 6 heteroatoms. The Hall–Kier alpha value is -1.82. The number of aromatic amines is 1. The lowest BCUT2D eigenvalue weighted by atomic mass is 10.1. The molecule has 20 heavy (non-hydrogen) atoms. The summed E-state index contributed by atoms with van der Waals surface area (Å²) in [6.07, 6.45) is 4.00. The molecule has 1 unspecified atom stereocenters. The fourth-order valence-electron chi connectivity index (χ4n) is 2.26. The van der Waals surface area contributed by atoms with E-state index < -0.39 is 0 Å². The van der Waals surface area contributed by atoms with E-state index in [1.807, 2.05) is 12.1 Å². The molecule has 1 aromatic carbocycles. The molecule has 0 bridgehead atoms. The number of hydrogen-bond donors (Lipinski definition) is 2. The molecule has 1 atom stereocenters. The third kappa shape index (κ3) is 3.01. The van der Waals surface area contributed by atoms with Crippen molar-refractivity contribution in [3.63, 3.8) is 0 Å². The number of hydrogen-bond acceptors (Lipinski definition) is 4. The molecule has 1 aromatic heterocycles. The minimum Gasteiger partial charge on any atom is -0.355 e. The van der Waals surface area contributed by atoms with E-state index in [2.05, 4.69) is 32.6 Å². The van der Waals surface area contributed by atoms with Crippen molar-refractivity contribution < 1.29 is 4.79 Å². The van der Waals surface area contributed by atoms with E-state index in [-0.39, 0.29) is 11.2 Å². The Labute approximate surface area is 121 Å². The van der Waals surface area contributed by atoms with Gasteiger partial charge < -0.3 is 5.32 Å². The average molecular weight is 288 g/mol. The molecule has 5 nitrogen and oxygen atoms in total. The molecule has 2 heterocycles. The summed E-state index contributed by atoms with van der Waals surface area (Å²) in [4.78, 5) is 17.4. The third-order valence-electron chi connectivity index (χ3n) is 3.29. The molecule has 2 N–H and O–H groups in total. The van der Waals surface area contributed by atoms with Crippen molar-refractivity contribution in [1.29, 1.82) is 0 Å². The molecule has 0 aliphatic carbocycles. The number of nitrogens with zero attached hydrogens (tertiary/aromatic N) is 2. The van der Waals surface area contributed by atoms with Gasteiger partial charge in [-0.05, 0) is 24.5 Å². The maximum absolute atomic E-state index is 12.1. The van der Waals surface area contributed by atoms with Crippen molar-refractivity contribution in [2.24, 2.45) is 0 Å². The zero-order valence-corrected chi connectivity index (χ0v) is 11.8. The first-order valence-electron chi connectivity index (χ1n) is 6.69. The van der Waals surface area contributed by atoms with Crippen LogP contribution in [0, 0.1) is 0 Å². The molecule has 1 aliphatic heterocycles. The van der Waals surface area contributed by atoms with Crippen LogP contribution in [-0.4, -0.2) is 32.9 Å². The van der Waals surface area contributed by atoms with Crippen molar-refractivity contribution in [3.05, 3.63) is 42.0 Å². The highest BCUT2D eigenvalue weighted by Gasteiger charge is 2.27. The van der Waals surface area contributed by atoms with Gasteiger partial charge in [0.05, 0.1) is 5.25 Å². The second-order valence-electron chi connectivity index (χ2n) is 4.75. The van der Waals surface area contributed by atoms with Crippen LogP contribution >= 0.6 is 11.8 Å². The summed E-state index contributed by atoms with van der Waals surface area (Å²) in [5.41, 5.74) is 1.28. The van der Waals surface area contributed by atoms with Gasteiger partial charge in [0.2, 0.25) is 5.91 Å². The number of aryl methyl sites for hydroxylation is 1. The number of amides is 1. The highest BCUT2D eigenvalue weighted by Crippen LogP contribution is 2.36. The van der Waals surface area contributed by atoms with E-state index in [4.69, 9.17) is 0 Å². The monoisotopic (exact) mass is 288 g/mol. The lowest BCUT2D eigenvalue weighted by molar-refractivity contribution is -0.120. The number of carbonyl (C=O) groups excluding carboxylic acids is 1. The lowest BCUT2D eigenvalue weighted by Crippen LogP contribution is -2.33. The lowest BCUT2D eigenvalue weighted by Gasteiger charge is -2.09. The molecule has 1 amide bonds. The SMILES string of the molecule is O=C(NCCCc1ncn[nH]1)C1Cc2ccccc2S1. The van der Waals surface area contributed by atoms with Crippen LogP contribution in [0.15, 0.2) is 35.5 Å². The fraction of sp³-hybridized carbons (Fsp3) is 0.357. The van der Waals surface area contributed by atoms with Gasteiger partial charge >= 0.3 is 0 Å². The van der Waals surface area contributed by atoms with Gasteiger partial charge in [0.15, 0.2) is 0 Å². The Kier molecular flexibility index (Phi) is 4.01. The standard InChI is InChI=1S/C14H16N4OS/c19-14(15-7-3-6-13-16-9-17-18-13)12-8-10-4-1-2-5-11(10)20-12/h1-2,4-5,9,12H,3,6-8H2,(H,15,19)(H,16,17,18). The van der Waals surface area contributed by atoms with Crippen LogP contribution < -0.4 is 5.32 Å². The Morgan fingerprint density at radius 3 is 3.15 bits per heavy atom. The van der Waals surface area contributed by atoms with Crippen LogP contribution in [0.1, 0.15) is 17.8 Å². The molecule has 2 aromatic rings. The van der Waals surface area contributed by atoms with E-state index in [1.165, 1.54) is 16.8 Å². The Bertz CT molecular complexity index is 560. The summed E-state index contributed by atoms with van der Waals surface area (Å²) < 4.78 is 0. The van der Waals surface area contributed by atoms with E-state index >= 15 is 0 Å². The average Bonchev–Trinajstić information content (AvgIpc) is 3.12. The topological polar surface area (TPSA) is 70.7 Å². The van der Waals surface area contributed by atoms with Crippen LogP contribution in [0.4, 0.5) is 0 Å². The second kappa shape index (κ2) is 6.09. The Morgan fingerprint density at radius 1 is 1.45 bits per heavy atom. The van der Waals surface area contributed by atoms with Crippen LogP contribution in [-0.2, 0) is 17.6 Å². The van der Waals surface area contributed by atoms with Crippen LogP contribution in [0.3, 0.4) is 0 Å². The van der Waals surface area contributed by atoms with Gasteiger partial charge in [0.25, 0.3) is 0 Å². The first-order chi connectivity index (χ1) is 9.83. The summed E-state index contributed by atoms with van der Waals surface area (Å²) in [6, 6.07) is 8.22. The summed E-state index contributed by atoms with van der Waals surface area (Å²) in [5, 5.41) is 9.62. The van der Waals surface area contributed by atoms with Crippen molar-refractivity contribution >= 4 is 17.7 Å². The number of rotatable bonds is 5. The number of thioether (sulfide) groups is 1. The van der Waals surface area contributed by atoms with Gasteiger partial charge in [-0.25, -0.2) is 4.98 Å². The maximum atomic E-state index is 12.1. The van der Waals surface area contributed by atoms with Crippen molar-refractivity contribution in [2.75, 3.05) is 6.54 Å². The minimum absolute atomic E-state index is 0.0117. The van der Waals surface area contributed by atoms with E-state index in [0.29, 0.717) is 6.54 Å². The number of aromatic nitrogens is 3. The third-order valence-corrected chi connectivity index (χ3v) is 4.61. The van der Waals surface area contributed by atoms with Crippen molar-refractivity contribution in [2.45, 2.75) is 29.4 Å². The molecule has 0 radical (unpaired) electrons. The predicted molar refractivity (Wildman–Crippen MR) is 77.5 cm³/mol. The fourth-order valence-corrected chi connectivity index (χ4v) is 3.48. The zero-order chi connectivity index (χ0) is 13.8. The minimum atomic E-state index is 0.0117. The highest BCUT2D eigenvalue weighted by atomic mass is 32.2. The molecule has 3 rings (SSSR count). The number of nitrogens with one attached hydrogen (secondary N) is 2. The number of fused-ring (bicyclic) bond motifs is 1. The van der Waals surface area contributed by atoms with Gasteiger partial charge in [0, 0.05) is 17.9 Å². The van der Waals surface area contributed by atoms with Gasteiger partial charge in [-0.1, -0.05) is 18.2 Å². The predicted octanol–water partition coefficient (Wildman–Crippen LogP) is 1.57. The van der Waals surface area contributed by atoms with E-state index in [9.17, 15) is 4.79 Å². The van der Waals surface area contributed by atoms with Crippen molar-refractivity contribution in [1.82, 2.24) is 20.5 Å². The van der Waals surface area contributed by atoms with E-state index in [1.54, 1.807) is 11.8 Å².